The number of benzene rings is 1. The minimum absolute atomic E-state index is 0.0679. The Kier molecular flexibility index (Phi) is 6.27. The molecule has 1 aliphatic rings. The van der Waals surface area contributed by atoms with Gasteiger partial charge in [0.15, 0.2) is 0 Å². The molecule has 0 bridgehead atoms. The average molecular weight is 396 g/mol. The lowest BCUT2D eigenvalue weighted by molar-refractivity contribution is -0.152. The second-order valence-electron chi connectivity index (χ2n) is 7.73. The first kappa shape index (κ1) is 20.9. The van der Waals surface area contributed by atoms with Gasteiger partial charge in [-0.2, -0.15) is 0 Å². The molecular formula is C22H28N4O3. The number of esters is 1. The maximum Gasteiger partial charge on any atom is 0.326 e. The van der Waals surface area contributed by atoms with E-state index in [4.69, 9.17) is 4.74 Å². The van der Waals surface area contributed by atoms with Gasteiger partial charge in [0.2, 0.25) is 5.91 Å². The summed E-state index contributed by atoms with van der Waals surface area (Å²) in [6.45, 7) is 4.34. The Labute approximate surface area is 171 Å². The van der Waals surface area contributed by atoms with Crippen LogP contribution in [0.2, 0.25) is 0 Å². The van der Waals surface area contributed by atoms with E-state index in [9.17, 15) is 9.59 Å². The summed E-state index contributed by atoms with van der Waals surface area (Å²) < 4.78 is 5.06. The quantitative estimate of drug-likeness (QED) is 0.753. The molecule has 0 radical (unpaired) electrons. The van der Waals surface area contributed by atoms with Gasteiger partial charge in [0.25, 0.3) is 0 Å². The molecule has 1 aliphatic heterocycles. The topological polar surface area (TPSA) is 84.4 Å². The van der Waals surface area contributed by atoms with Gasteiger partial charge in [-0.25, -0.2) is 0 Å². The van der Waals surface area contributed by atoms with E-state index in [1.807, 2.05) is 50.1 Å². The Morgan fingerprint density at radius 2 is 2.07 bits per heavy atom. The lowest BCUT2D eigenvalue weighted by Gasteiger charge is -2.33. The van der Waals surface area contributed by atoms with E-state index in [1.165, 1.54) is 7.11 Å². The highest BCUT2D eigenvalue weighted by Gasteiger charge is 2.55. The molecule has 2 aromatic rings. The van der Waals surface area contributed by atoms with Crippen molar-refractivity contribution in [3.8, 4) is 0 Å². The summed E-state index contributed by atoms with van der Waals surface area (Å²) in [5, 5.41) is 3.02. The summed E-state index contributed by atoms with van der Waals surface area (Å²) in [4.78, 5) is 36.0. The van der Waals surface area contributed by atoms with Crippen LogP contribution in [0.3, 0.4) is 0 Å². The number of ether oxygens (including phenoxy) is 1. The molecule has 0 saturated carbocycles. The number of nitrogens with one attached hydrogen (secondary N) is 1. The Bertz CT molecular complexity index is 873. The minimum atomic E-state index is -0.866. The number of aromatic nitrogens is 2. The number of methoxy groups -OCH3 is 1. The Morgan fingerprint density at radius 3 is 2.72 bits per heavy atom. The first-order valence-electron chi connectivity index (χ1n) is 9.78. The molecule has 1 aromatic carbocycles. The molecule has 1 saturated heterocycles. The number of aryl methyl sites for hydroxylation is 1. The molecule has 0 aliphatic carbocycles. The van der Waals surface area contributed by atoms with Gasteiger partial charge in [-0.05, 0) is 38.4 Å². The molecule has 7 nitrogen and oxygen atoms in total. The fraction of sp³-hybridized carbons (Fsp3) is 0.455. The minimum Gasteiger partial charge on any atom is -0.468 e. The van der Waals surface area contributed by atoms with Gasteiger partial charge in [-0.1, -0.05) is 24.3 Å². The normalized spacial score (nSPS) is 24.3. The summed E-state index contributed by atoms with van der Waals surface area (Å²) >= 11 is 0. The second-order valence-corrected chi connectivity index (χ2v) is 7.73. The molecule has 0 spiro atoms. The standard InChI is InChI=1S/C22H28N4O3/c1-15-7-5-6-8-17(15)19-18(13-22(2,26(19)3)21(28)29-4)20(27)25-10-9-16-14-23-11-12-24-16/h5-8,11-12,14,18-19H,9-10,13H2,1-4H3,(H,25,27)/t18-,19-,22-/m0/s1. The first-order chi connectivity index (χ1) is 13.9. The summed E-state index contributed by atoms with van der Waals surface area (Å²) in [6.07, 6.45) is 5.95. The molecule has 7 heteroatoms. The van der Waals surface area contributed by atoms with Crippen molar-refractivity contribution in [2.45, 2.75) is 38.3 Å². The molecular weight excluding hydrogens is 368 g/mol. The fourth-order valence-electron chi connectivity index (χ4n) is 4.19. The van der Waals surface area contributed by atoms with E-state index < -0.39 is 5.54 Å². The summed E-state index contributed by atoms with van der Waals surface area (Å²) in [5.74, 6) is -0.762. The number of likely N-dealkylation sites (N-methyl/N-ethyl adjacent to an activating group) is 1. The number of nitrogens with zero attached hydrogens (tertiary/aromatic N) is 3. The lowest BCUT2D eigenvalue weighted by Crippen LogP contribution is -2.47. The molecule has 1 aromatic heterocycles. The number of hydrogen-bond acceptors (Lipinski definition) is 6. The van der Waals surface area contributed by atoms with E-state index in [0.717, 1.165) is 16.8 Å². The van der Waals surface area contributed by atoms with Gasteiger partial charge >= 0.3 is 5.97 Å². The predicted octanol–water partition coefficient (Wildman–Crippen LogP) is 2.07. The van der Waals surface area contributed by atoms with Gasteiger partial charge in [0.05, 0.1) is 18.7 Å². The van der Waals surface area contributed by atoms with Crippen LogP contribution in [-0.4, -0.2) is 53.0 Å². The Balaban J connectivity index is 1.82. The maximum atomic E-state index is 13.1. The van der Waals surface area contributed by atoms with Crippen molar-refractivity contribution in [1.82, 2.24) is 20.2 Å². The molecule has 1 N–H and O–H groups in total. The van der Waals surface area contributed by atoms with Gasteiger partial charge in [-0.3, -0.25) is 24.5 Å². The molecule has 1 fully saturated rings. The van der Waals surface area contributed by atoms with Crippen LogP contribution < -0.4 is 5.32 Å². The van der Waals surface area contributed by atoms with Crippen LogP contribution in [0.4, 0.5) is 0 Å². The third-order valence-electron chi connectivity index (χ3n) is 5.96. The number of carbonyl (C=O) groups is 2. The number of rotatable bonds is 6. The zero-order chi connectivity index (χ0) is 21.0. The smallest absolute Gasteiger partial charge is 0.326 e. The molecule has 0 unspecified atom stereocenters. The van der Waals surface area contributed by atoms with Crippen LogP contribution >= 0.6 is 0 Å². The van der Waals surface area contributed by atoms with Gasteiger partial charge in [0, 0.05) is 37.6 Å². The maximum absolute atomic E-state index is 13.1. The zero-order valence-corrected chi connectivity index (χ0v) is 17.4. The SMILES string of the molecule is COC(=O)[C@]1(C)C[C@H](C(=O)NCCc2cnccn2)[C@H](c2ccccc2C)N1C. The number of likely N-dealkylation sites (tertiary alicyclic amines) is 1. The summed E-state index contributed by atoms with van der Waals surface area (Å²) in [6, 6.07) is 7.78. The van der Waals surface area contributed by atoms with Crippen molar-refractivity contribution in [3.63, 3.8) is 0 Å². The fourth-order valence-corrected chi connectivity index (χ4v) is 4.19. The monoisotopic (exact) mass is 396 g/mol. The third kappa shape index (κ3) is 4.15. The van der Waals surface area contributed by atoms with Crippen molar-refractivity contribution in [1.29, 1.82) is 0 Å². The van der Waals surface area contributed by atoms with Crippen molar-refractivity contribution in [2.24, 2.45) is 5.92 Å². The molecule has 3 rings (SSSR count). The van der Waals surface area contributed by atoms with E-state index in [2.05, 4.69) is 15.3 Å². The summed E-state index contributed by atoms with van der Waals surface area (Å²) in [7, 11) is 3.28. The van der Waals surface area contributed by atoms with E-state index in [1.54, 1.807) is 18.6 Å². The first-order valence-corrected chi connectivity index (χ1v) is 9.78. The highest BCUT2D eigenvalue weighted by Crippen LogP contribution is 2.47. The summed E-state index contributed by atoms with van der Waals surface area (Å²) in [5.41, 5.74) is 2.10. The molecule has 2 heterocycles. The van der Waals surface area contributed by atoms with Crippen LogP contribution in [0.5, 0.6) is 0 Å². The van der Waals surface area contributed by atoms with E-state index in [0.29, 0.717) is 19.4 Å². The largest absolute Gasteiger partial charge is 0.468 e. The highest BCUT2D eigenvalue weighted by molar-refractivity contribution is 5.86. The highest BCUT2D eigenvalue weighted by atomic mass is 16.5. The van der Waals surface area contributed by atoms with Gasteiger partial charge < -0.3 is 10.1 Å². The molecule has 29 heavy (non-hydrogen) atoms. The third-order valence-corrected chi connectivity index (χ3v) is 5.96. The molecule has 154 valence electrons. The van der Waals surface area contributed by atoms with Crippen molar-refractivity contribution < 1.29 is 14.3 Å². The van der Waals surface area contributed by atoms with Gasteiger partial charge in [0.1, 0.15) is 5.54 Å². The van der Waals surface area contributed by atoms with Gasteiger partial charge in [-0.15, -0.1) is 0 Å². The van der Waals surface area contributed by atoms with Crippen LogP contribution in [-0.2, 0) is 20.7 Å². The van der Waals surface area contributed by atoms with Crippen LogP contribution in [0, 0.1) is 12.8 Å². The van der Waals surface area contributed by atoms with Crippen LogP contribution in [0.25, 0.3) is 0 Å². The van der Waals surface area contributed by atoms with E-state index >= 15 is 0 Å². The Morgan fingerprint density at radius 1 is 1.31 bits per heavy atom. The second kappa shape index (κ2) is 8.69. The number of hydrogen-bond donors (Lipinski definition) is 1. The number of carbonyl (C=O) groups excluding carboxylic acids is 2. The van der Waals surface area contributed by atoms with Crippen LogP contribution in [0.1, 0.15) is 36.2 Å². The van der Waals surface area contributed by atoms with Crippen molar-refractivity contribution >= 4 is 11.9 Å². The van der Waals surface area contributed by atoms with Crippen molar-refractivity contribution in [3.05, 3.63) is 59.7 Å². The predicted molar refractivity (Wildman–Crippen MR) is 109 cm³/mol. The molecule has 1 amide bonds. The average Bonchev–Trinajstić information content (AvgIpc) is 3.00. The number of amides is 1. The molecule has 3 atom stereocenters. The lowest BCUT2D eigenvalue weighted by atomic mass is 9.88. The van der Waals surface area contributed by atoms with Crippen LogP contribution in [0.15, 0.2) is 42.9 Å². The zero-order valence-electron chi connectivity index (χ0n) is 17.4. The van der Waals surface area contributed by atoms with Crippen molar-refractivity contribution in [2.75, 3.05) is 20.7 Å². The Hall–Kier alpha value is -2.80. The van der Waals surface area contributed by atoms with E-state index in [-0.39, 0.29) is 23.8 Å².